The Bertz CT molecular complexity index is 837. The van der Waals surface area contributed by atoms with Gasteiger partial charge >= 0.3 is 0 Å². The molecule has 1 heterocycles. The second-order valence-electron chi connectivity index (χ2n) is 5.27. The highest BCUT2D eigenvalue weighted by atomic mass is 32.2. The summed E-state index contributed by atoms with van der Waals surface area (Å²) in [7, 11) is 1.58. The summed E-state index contributed by atoms with van der Waals surface area (Å²) in [6.07, 6.45) is 1.77. The van der Waals surface area contributed by atoms with Crippen molar-refractivity contribution in [2.75, 3.05) is 20.3 Å². The molecule has 1 saturated heterocycles. The van der Waals surface area contributed by atoms with Gasteiger partial charge in [0.1, 0.15) is 23.3 Å². The van der Waals surface area contributed by atoms with Crippen molar-refractivity contribution in [3.05, 3.63) is 59.0 Å². The number of nitrogens with one attached hydrogen (secondary N) is 1. The predicted octanol–water partition coefficient (Wildman–Crippen LogP) is 3.64. The predicted molar refractivity (Wildman–Crippen MR) is 107 cm³/mol. The van der Waals surface area contributed by atoms with Gasteiger partial charge in [-0.25, -0.2) is 0 Å². The molecule has 0 spiro atoms. The van der Waals surface area contributed by atoms with Crippen LogP contribution in [-0.2, 0) is 4.79 Å². The molecule has 0 unspecified atom stereocenters. The van der Waals surface area contributed by atoms with Gasteiger partial charge in [0.05, 0.1) is 12.0 Å². The Kier molecular flexibility index (Phi) is 6.14. The lowest BCUT2D eigenvalue weighted by atomic mass is 10.2. The number of thiocarbonyl (C=S) groups is 1. The van der Waals surface area contributed by atoms with Gasteiger partial charge in [0.2, 0.25) is 0 Å². The fourth-order valence-corrected chi connectivity index (χ4v) is 3.34. The van der Waals surface area contributed by atoms with Gasteiger partial charge in [-0.1, -0.05) is 48.2 Å². The Morgan fingerprint density at radius 1 is 1.08 bits per heavy atom. The van der Waals surface area contributed by atoms with Crippen LogP contribution in [0, 0.1) is 0 Å². The average molecular weight is 387 g/mol. The first-order valence-corrected chi connectivity index (χ1v) is 9.12. The first kappa shape index (κ1) is 18.3. The molecule has 3 rings (SSSR count). The number of rotatable bonds is 7. The van der Waals surface area contributed by atoms with E-state index in [0.29, 0.717) is 33.9 Å². The van der Waals surface area contributed by atoms with E-state index in [1.54, 1.807) is 13.2 Å². The molecule has 2 aromatic carbocycles. The number of ether oxygens (including phenoxy) is 3. The summed E-state index contributed by atoms with van der Waals surface area (Å²) in [5.41, 5.74) is 0.831. The normalized spacial score (nSPS) is 15.0. The SMILES string of the molecule is COc1cc(/C=C2\SC(=S)NC2=O)ccc1OCCOc1ccccc1. The van der Waals surface area contributed by atoms with Gasteiger partial charge in [0.25, 0.3) is 5.91 Å². The van der Waals surface area contributed by atoms with Crippen LogP contribution in [0.5, 0.6) is 17.2 Å². The molecule has 1 aliphatic rings. The number of benzene rings is 2. The van der Waals surface area contributed by atoms with E-state index in [2.05, 4.69) is 5.32 Å². The number of methoxy groups -OCH3 is 1. The molecule has 0 aliphatic carbocycles. The Morgan fingerprint density at radius 2 is 1.85 bits per heavy atom. The minimum atomic E-state index is -0.183. The van der Waals surface area contributed by atoms with E-state index in [0.717, 1.165) is 11.3 Å². The molecule has 1 fully saturated rings. The van der Waals surface area contributed by atoms with E-state index in [4.69, 9.17) is 26.4 Å². The van der Waals surface area contributed by atoms with Crippen LogP contribution >= 0.6 is 24.0 Å². The number of carbonyl (C=O) groups excluding carboxylic acids is 1. The van der Waals surface area contributed by atoms with Gasteiger partial charge in [0.15, 0.2) is 11.5 Å². The molecule has 0 saturated carbocycles. The highest BCUT2D eigenvalue weighted by Crippen LogP contribution is 2.31. The molecular weight excluding hydrogens is 370 g/mol. The lowest BCUT2D eigenvalue weighted by Gasteiger charge is -2.12. The topological polar surface area (TPSA) is 56.8 Å². The highest BCUT2D eigenvalue weighted by molar-refractivity contribution is 8.26. The van der Waals surface area contributed by atoms with Gasteiger partial charge < -0.3 is 19.5 Å². The first-order valence-electron chi connectivity index (χ1n) is 7.89. The van der Waals surface area contributed by atoms with Gasteiger partial charge in [-0.05, 0) is 35.9 Å². The van der Waals surface area contributed by atoms with Crippen molar-refractivity contribution in [1.82, 2.24) is 5.32 Å². The number of amides is 1. The molecular formula is C19H17NO4S2. The number of thioether (sulfide) groups is 1. The molecule has 134 valence electrons. The maximum atomic E-state index is 11.7. The van der Waals surface area contributed by atoms with Crippen molar-refractivity contribution in [2.24, 2.45) is 0 Å². The summed E-state index contributed by atoms with van der Waals surface area (Å²) >= 11 is 6.23. The molecule has 5 nitrogen and oxygen atoms in total. The van der Waals surface area contributed by atoms with Gasteiger partial charge in [-0.2, -0.15) is 0 Å². The molecule has 1 amide bonds. The third-order valence-corrected chi connectivity index (χ3v) is 4.64. The zero-order chi connectivity index (χ0) is 18.4. The van der Waals surface area contributed by atoms with E-state index in [9.17, 15) is 4.79 Å². The molecule has 1 aliphatic heterocycles. The summed E-state index contributed by atoms with van der Waals surface area (Å²) in [6.45, 7) is 0.811. The van der Waals surface area contributed by atoms with E-state index in [1.807, 2.05) is 48.5 Å². The Balaban J connectivity index is 1.61. The summed E-state index contributed by atoms with van der Waals surface area (Å²) < 4.78 is 17.2. The van der Waals surface area contributed by atoms with Crippen LogP contribution in [0.2, 0.25) is 0 Å². The summed E-state index contributed by atoms with van der Waals surface area (Å²) in [5, 5.41) is 2.59. The maximum Gasteiger partial charge on any atom is 0.263 e. The van der Waals surface area contributed by atoms with Gasteiger partial charge in [-0.15, -0.1) is 0 Å². The molecule has 0 radical (unpaired) electrons. The summed E-state index contributed by atoms with van der Waals surface area (Å²) in [6, 6.07) is 15.0. The van der Waals surface area contributed by atoms with Crippen molar-refractivity contribution < 1.29 is 19.0 Å². The highest BCUT2D eigenvalue weighted by Gasteiger charge is 2.22. The molecule has 1 N–H and O–H groups in total. The zero-order valence-corrected chi connectivity index (χ0v) is 15.7. The lowest BCUT2D eigenvalue weighted by molar-refractivity contribution is -0.115. The largest absolute Gasteiger partial charge is 0.493 e. The van der Waals surface area contributed by atoms with Crippen molar-refractivity contribution in [2.45, 2.75) is 0 Å². The van der Waals surface area contributed by atoms with Crippen molar-refractivity contribution in [3.8, 4) is 17.2 Å². The number of hydrogen-bond donors (Lipinski definition) is 1. The summed E-state index contributed by atoms with van der Waals surface area (Å²) in [5.74, 6) is 1.82. The molecule has 26 heavy (non-hydrogen) atoms. The maximum absolute atomic E-state index is 11.7. The minimum Gasteiger partial charge on any atom is -0.493 e. The average Bonchev–Trinajstić information content (AvgIpc) is 2.97. The quantitative estimate of drug-likeness (QED) is 0.445. The standard InChI is InChI=1S/C19H17NO4S2/c1-22-16-11-13(12-17-18(21)20-19(25)26-17)7-8-15(16)24-10-9-23-14-5-3-2-4-6-14/h2-8,11-12H,9-10H2,1H3,(H,20,21,25)/b17-12-. The van der Waals surface area contributed by atoms with E-state index in [1.165, 1.54) is 11.8 Å². The Labute approximate surface area is 161 Å². The Hall–Kier alpha value is -2.51. The third-order valence-electron chi connectivity index (χ3n) is 3.48. The van der Waals surface area contributed by atoms with Crippen LogP contribution in [0.15, 0.2) is 53.4 Å². The molecule has 7 heteroatoms. The van der Waals surface area contributed by atoms with Crippen molar-refractivity contribution >= 4 is 40.3 Å². The minimum absolute atomic E-state index is 0.183. The van der Waals surface area contributed by atoms with Crippen LogP contribution < -0.4 is 19.5 Å². The van der Waals surface area contributed by atoms with Crippen LogP contribution in [-0.4, -0.2) is 30.6 Å². The van der Waals surface area contributed by atoms with Gasteiger partial charge in [0, 0.05) is 0 Å². The van der Waals surface area contributed by atoms with Crippen molar-refractivity contribution in [1.29, 1.82) is 0 Å². The van der Waals surface area contributed by atoms with Crippen LogP contribution in [0.3, 0.4) is 0 Å². The fourth-order valence-electron chi connectivity index (χ4n) is 2.29. The zero-order valence-electron chi connectivity index (χ0n) is 14.1. The van der Waals surface area contributed by atoms with Gasteiger partial charge in [-0.3, -0.25) is 4.79 Å². The van der Waals surface area contributed by atoms with E-state index < -0.39 is 0 Å². The van der Waals surface area contributed by atoms with Crippen LogP contribution in [0.1, 0.15) is 5.56 Å². The first-order chi connectivity index (χ1) is 12.7. The fraction of sp³-hybridized carbons (Fsp3) is 0.158. The Morgan fingerprint density at radius 3 is 2.54 bits per heavy atom. The smallest absolute Gasteiger partial charge is 0.263 e. The van der Waals surface area contributed by atoms with Crippen molar-refractivity contribution in [3.63, 3.8) is 0 Å². The molecule has 0 aromatic heterocycles. The monoisotopic (exact) mass is 387 g/mol. The molecule has 0 atom stereocenters. The lowest BCUT2D eigenvalue weighted by Crippen LogP contribution is -2.17. The number of para-hydroxylation sites is 1. The second kappa shape index (κ2) is 8.73. The third kappa shape index (κ3) is 4.77. The molecule has 0 bridgehead atoms. The van der Waals surface area contributed by atoms with E-state index in [-0.39, 0.29) is 5.91 Å². The van der Waals surface area contributed by atoms with Crippen LogP contribution in [0.25, 0.3) is 6.08 Å². The number of carbonyl (C=O) groups is 1. The summed E-state index contributed by atoms with van der Waals surface area (Å²) in [4.78, 5) is 12.3. The van der Waals surface area contributed by atoms with E-state index >= 15 is 0 Å². The second-order valence-corrected chi connectivity index (χ2v) is 6.99. The van der Waals surface area contributed by atoms with Crippen LogP contribution in [0.4, 0.5) is 0 Å². The number of hydrogen-bond acceptors (Lipinski definition) is 6. The molecule has 2 aromatic rings.